The van der Waals surface area contributed by atoms with E-state index >= 15 is 0 Å². The molecule has 0 spiro atoms. The maximum Gasteiger partial charge on any atom is 0.231 e. The number of hydrogen-bond donors (Lipinski definition) is 1. The van der Waals surface area contributed by atoms with Crippen molar-refractivity contribution in [1.29, 1.82) is 0 Å². The number of halogens is 1. The van der Waals surface area contributed by atoms with Gasteiger partial charge in [0.15, 0.2) is 11.5 Å². The third kappa shape index (κ3) is 2.55. The Hall–Kier alpha value is -0.970. The van der Waals surface area contributed by atoms with E-state index in [1.807, 2.05) is 18.2 Å². The summed E-state index contributed by atoms with van der Waals surface area (Å²) in [6.45, 7) is 1.96. The van der Waals surface area contributed by atoms with Gasteiger partial charge in [0.25, 0.3) is 0 Å². The zero-order valence-electron chi connectivity index (χ0n) is 10.1. The van der Waals surface area contributed by atoms with Crippen LogP contribution in [0.15, 0.2) is 18.2 Å². The Morgan fingerprint density at radius 3 is 2.61 bits per heavy atom. The molecule has 100 valence electrons. The summed E-state index contributed by atoms with van der Waals surface area (Å²) in [6.07, 6.45) is 2.07. The molecule has 4 nitrogen and oxygen atoms in total. The highest BCUT2D eigenvalue weighted by atomic mass is 35.5. The Morgan fingerprint density at radius 2 is 1.83 bits per heavy atom. The van der Waals surface area contributed by atoms with Crippen LogP contribution in [-0.2, 0) is 4.74 Å². The fourth-order valence-corrected chi connectivity index (χ4v) is 2.47. The van der Waals surface area contributed by atoms with Crippen LogP contribution in [0.3, 0.4) is 0 Å². The summed E-state index contributed by atoms with van der Waals surface area (Å²) in [5.74, 6) is 2.13. The van der Waals surface area contributed by atoms with Crippen molar-refractivity contribution in [2.75, 3.05) is 20.0 Å². The smallest absolute Gasteiger partial charge is 0.231 e. The van der Waals surface area contributed by atoms with Crippen LogP contribution in [-0.4, -0.2) is 20.0 Å². The molecule has 5 heteroatoms. The predicted molar refractivity (Wildman–Crippen MR) is 70.3 cm³/mol. The summed E-state index contributed by atoms with van der Waals surface area (Å²) in [7, 11) is 0. The molecule has 1 aromatic rings. The Balaban J connectivity index is 0.00000120. The molecule has 1 saturated heterocycles. The quantitative estimate of drug-likeness (QED) is 0.896. The third-order valence-electron chi connectivity index (χ3n) is 3.56. The molecule has 18 heavy (non-hydrogen) atoms. The molecule has 0 saturated carbocycles. The van der Waals surface area contributed by atoms with Gasteiger partial charge in [-0.1, -0.05) is 6.07 Å². The zero-order chi connectivity index (χ0) is 11.7. The molecule has 0 radical (unpaired) electrons. The molecule has 0 aliphatic carbocycles. The van der Waals surface area contributed by atoms with Gasteiger partial charge in [-0.2, -0.15) is 0 Å². The minimum absolute atomic E-state index is 0. The van der Waals surface area contributed by atoms with Crippen LogP contribution in [0.4, 0.5) is 0 Å². The number of benzene rings is 1. The number of rotatable bonds is 2. The number of fused-ring (bicyclic) bond motifs is 1. The van der Waals surface area contributed by atoms with E-state index in [-0.39, 0.29) is 18.4 Å². The van der Waals surface area contributed by atoms with Crippen LogP contribution >= 0.6 is 12.4 Å². The average molecular weight is 272 g/mol. The van der Waals surface area contributed by atoms with Gasteiger partial charge in [0, 0.05) is 19.3 Å². The molecule has 0 bridgehead atoms. The fourth-order valence-electron chi connectivity index (χ4n) is 2.47. The van der Waals surface area contributed by atoms with Gasteiger partial charge in [0.05, 0.1) is 0 Å². The molecular formula is C13H18ClNO3. The summed E-state index contributed by atoms with van der Waals surface area (Å²) in [6, 6.07) is 6.04. The second-order valence-electron chi connectivity index (χ2n) is 4.59. The van der Waals surface area contributed by atoms with Gasteiger partial charge in [-0.25, -0.2) is 0 Å². The van der Waals surface area contributed by atoms with Crippen LogP contribution in [0.25, 0.3) is 0 Å². The first kappa shape index (κ1) is 13.5. The molecule has 2 N–H and O–H groups in total. The molecule has 2 aliphatic rings. The van der Waals surface area contributed by atoms with Gasteiger partial charge in [0.1, 0.15) is 0 Å². The van der Waals surface area contributed by atoms with Crippen LogP contribution in [0, 0.1) is 5.92 Å². The van der Waals surface area contributed by atoms with Crippen LogP contribution < -0.4 is 15.2 Å². The van der Waals surface area contributed by atoms with Crippen LogP contribution in [0.1, 0.15) is 24.4 Å². The van der Waals surface area contributed by atoms with Crippen molar-refractivity contribution in [2.45, 2.75) is 18.9 Å². The lowest BCUT2D eigenvalue weighted by molar-refractivity contribution is 0.0583. The molecule has 0 unspecified atom stereocenters. The average Bonchev–Trinajstić information content (AvgIpc) is 2.86. The Morgan fingerprint density at radius 1 is 1.11 bits per heavy atom. The van der Waals surface area contributed by atoms with E-state index in [1.165, 1.54) is 0 Å². The van der Waals surface area contributed by atoms with Gasteiger partial charge < -0.3 is 19.9 Å². The standard InChI is InChI=1S/C13H17NO3.ClH/c14-13(9-3-5-15-6-4-9)10-1-2-11-12(7-10)17-8-16-11;/h1-2,7,9,13H,3-6,8,14H2;1H/t13-;/m0./s1. The van der Waals surface area contributed by atoms with Crippen molar-refractivity contribution >= 4 is 12.4 Å². The van der Waals surface area contributed by atoms with Crippen molar-refractivity contribution in [1.82, 2.24) is 0 Å². The second-order valence-corrected chi connectivity index (χ2v) is 4.59. The third-order valence-corrected chi connectivity index (χ3v) is 3.56. The van der Waals surface area contributed by atoms with E-state index in [0.717, 1.165) is 43.1 Å². The van der Waals surface area contributed by atoms with Gasteiger partial charge in [-0.15, -0.1) is 12.4 Å². The summed E-state index contributed by atoms with van der Waals surface area (Å²) >= 11 is 0. The lowest BCUT2D eigenvalue weighted by atomic mass is 9.88. The molecule has 3 rings (SSSR count). The van der Waals surface area contributed by atoms with Crippen molar-refractivity contribution in [3.63, 3.8) is 0 Å². The molecule has 2 heterocycles. The SMILES string of the molecule is Cl.N[C@H](c1ccc2c(c1)OCO2)C1CCOCC1. The number of nitrogens with two attached hydrogens (primary N) is 1. The van der Waals surface area contributed by atoms with E-state index in [4.69, 9.17) is 19.9 Å². The van der Waals surface area contributed by atoms with Crippen molar-refractivity contribution in [2.24, 2.45) is 11.7 Å². The Kier molecular flexibility index (Phi) is 4.32. The van der Waals surface area contributed by atoms with E-state index in [1.54, 1.807) is 0 Å². The van der Waals surface area contributed by atoms with E-state index in [2.05, 4.69) is 0 Å². The van der Waals surface area contributed by atoms with Crippen molar-refractivity contribution in [3.8, 4) is 11.5 Å². The summed E-state index contributed by atoms with van der Waals surface area (Å²) in [5, 5.41) is 0. The maximum atomic E-state index is 6.31. The van der Waals surface area contributed by atoms with Crippen LogP contribution in [0.2, 0.25) is 0 Å². The Labute approximate surface area is 113 Å². The van der Waals surface area contributed by atoms with Crippen molar-refractivity contribution in [3.05, 3.63) is 23.8 Å². The van der Waals surface area contributed by atoms with Gasteiger partial charge in [0.2, 0.25) is 6.79 Å². The minimum Gasteiger partial charge on any atom is -0.454 e. The first-order chi connectivity index (χ1) is 8.34. The Bertz CT molecular complexity index is 407. The zero-order valence-corrected chi connectivity index (χ0v) is 10.9. The van der Waals surface area contributed by atoms with E-state index < -0.39 is 0 Å². The van der Waals surface area contributed by atoms with E-state index in [0.29, 0.717) is 12.7 Å². The normalized spacial score (nSPS) is 20.3. The van der Waals surface area contributed by atoms with Gasteiger partial charge in [-0.3, -0.25) is 0 Å². The van der Waals surface area contributed by atoms with Gasteiger partial charge in [-0.05, 0) is 36.5 Å². The molecule has 2 aliphatic heterocycles. The maximum absolute atomic E-state index is 6.31. The molecule has 0 aromatic heterocycles. The highest BCUT2D eigenvalue weighted by molar-refractivity contribution is 5.85. The number of hydrogen-bond acceptors (Lipinski definition) is 4. The summed E-state index contributed by atoms with van der Waals surface area (Å²) in [5.41, 5.74) is 7.44. The molecule has 1 fully saturated rings. The molecule has 0 amide bonds. The molecular weight excluding hydrogens is 254 g/mol. The largest absolute Gasteiger partial charge is 0.454 e. The first-order valence-electron chi connectivity index (χ1n) is 6.07. The van der Waals surface area contributed by atoms with E-state index in [9.17, 15) is 0 Å². The van der Waals surface area contributed by atoms with Crippen molar-refractivity contribution < 1.29 is 14.2 Å². The lowest BCUT2D eigenvalue weighted by Crippen LogP contribution is -2.27. The predicted octanol–water partition coefficient (Wildman–Crippen LogP) is 2.26. The van der Waals surface area contributed by atoms with Gasteiger partial charge >= 0.3 is 0 Å². The topological polar surface area (TPSA) is 53.7 Å². The first-order valence-corrected chi connectivity index (χ1v) is 6.07. The number of ether oxygens (including phenoxy) is 3. The molecule has 1 atom stereocenters. The second kappa shape index (κ2) is 5.78. The molecule has 1 aromatic carbocycles. The fraction of sp³-hybridized carbons (Fsp3) is 0.538. The minimum atomic E-state index is 0. The summed E-state index contributed by atoms with van der Waals surface area (Å²) < 4.78 is 16.0. The highest BCUT2D eigenvalue weighted by Gasteiger charge is 2.24. The van der Waals surface area contributed by atoms with Crippen LogP contribution in [0.5, 0.6) is 11.5 Å². The summed E-state index contributed by atoms with van der Waals surface area (Å²) in [4.78, 5) is 0. The lowest BCUT2D eigenvalue weighted by Gasteiger charge is -2.27. The monoisotopic (exact) mass is 271 g/mol. The highest BCUT2D eigenvalue weighted by Crippen LogP contribution is 2.36.